The van der Waals surface area contributed by atoms with Crippen LogP contribution in [0.15, 0.2) is 48.5 Å². The SMILES string of the molecule is COc1ccccc1N1CCN(CCC(=O)c2ccc(N)cc2)CC1. The molecule has 3 rings (SSSR count). The van der Waals surface area contributed by atoms with Gasteiger partial charge in [0.25, 0.3) is 0 Å². The van der Waals surface area contributed by atoms with Crippen LogP contribution in [0.4, 0.5) is 11.4 Å². The third-order valence-corrected chi connectivity index (χ3v) is 4.69. The van der Waals surface area contributed by atoms with Crippen LogP contribution in [0.1, 0.15) is 16.8 Å². The number of ketones is 1. The fourth-order valence-corrected chi connectivity index (χ4v) is 3.18. The van der Waals surface area contributed by atoms with E-state index in [1.54, 1.807) is 31.4 Å². The van der Waals surface area contributed by atoms with Crippen LogP contribution in [0.25, 0.3) is 0 Å². The molecule has 0 atom stereocenters. The number of nitrogens with zero attached hydrogens (tertiary/aromatic N) is 2. The summed E-state index contributed by atoms with van der Waals surface area (Å²) in [7, 11) is 1.71. The van der Waals surface area contributed by atoms with Crippen LogP contribution in [0.2, 0.25) is 0 Å². The van der Waals surface area contributed by atoms with Gasteiger partial charge in [-0.1, -0.05) is 12.1 Å². The zero-order valence-electron chi connectivity index (χ0n) is 14.6. The highest BCUT2D eigenvalue weighted by Crippen LogP contribution is 2.28. The molecule has 2 aromatic carbocycles. The number of carbonyl (C=O) groups excluding carboxylic acids is 1. The second-order valence-corrected chi connectivity index (χ2v) is 6.30. The van der Waals surface area contributed by atoms with E-state index in [1.807, 2.05) is 18.2 Å². The lowest BCUT2D eigenvalue weighted by Crippen LogP contribution is -2.47. The van der Waals surface area contributed by atoms with Gasteiger partial charge in [0, 0.05) is 50.4 Å². The van der Waals surface area contributed by atoms with Gasteiger partial charge in [-0.05, 0) is 36.4 Å². The van der Waals surface area contributed by atoms with E-state index in [9.17, 15) is 4.79 Å². The summed E-state index contributed by atoms with van der Waals surface area (Å²) < 4.78 is 5.45. The van der Waals surface area contributed by atoms with Gasteiger partial charge < -0.3 is 15.4 Å². The van der Waals surface area contributed by atoms with Crippen molar-refractivity contribution in [3.63, 3.8) is 0 Å². The first kappa shape index (κ1) is 17.3. The van der Waals surface area contributed by atoms with Crippen molar-refractivity contribution in [2.24, 2.45) is 0 Å². The zero-order chi connectivity index (χ0) is 17.6. The number of benzene rings is 2. The fourth-order valence-electron chi connectivity index (χ4n) is 3.18. The smallest absolute Gasteiger partial charge is 0.164 e. The van der Waals surface area contributed by atoms with Crippen molar-refractivity contribution in [3.8, 4) is 5.75 Å². The van der Waals surface area contributed by atoms with Crippen molar-refractivity contribution in [2.75, 3.05) is 50.5 Å². The minimum atomic E-state index is 0.173. The number of piperazine rings is 1. The summed E-state index contributed by atoms with van der Waals surface area (Å²) in [6, 6.07) is 15.3. The second-order valence-electron chi connectivity index (χ2n) is 6.30. The Labute approximate surface area is 149 Å². The van der Waals surface area contributed by atoms with Crippen LogP contribution in [0, 0.1) is 0 Å². The predicted octanol–water partition coefficient (Wildman–Crippen LogP) is 2.67. The van der Waals surface area contributed by atoms with Gasteiger partial charge in [-0.15, -0.1) is 0 Å². The molecule has 0 spiro atoms. The van der Waals surface area contributed by atoms with Crippen LogP contribution < -0.4 is 15.4 Å². The van der Waals surface area contributed by atoms with E-state index in [-0.39, 0.29) is 5.78 Å². The Morgan fingerprint density at radius 2 is 1.72 bits per heavy atom. The quantitative estimate of drug-likeness (QED) is 0.648. The van der Waals surface area contributed by atoms with Crippen LogP contribution >= 0.6 is 0 Å². The van der Waals surface area contributed by atoms with E-state index in [0.29, 0.717) is 12.1 Å². The third-order valence-electron chi connectivity index (χ3n) is 4.69. The Kier molecular flexibility index (Phi) is 5.56. The number of carbonyl (C=O) groups is 1. The molecule has 5 nitrogen and oxygen atoms in total. The van der Waals surface area contributed by atoms with E-state index in [4.69, 9.17) is 10.5 Å². The van der Waals surface area contributed by atoms with Gasteiger partial charge >= 0.3 is 0 Å². The first-order chi connectivity index (χ1) is 12.2. The van der Waals surface area contributed by atoms with Gasteiger partial charge in [0.15, 0.2) is 5.78 Å². The Bertz CT molecular complexity index is 707. The summed E-state index contributed by atoms with van der Waals surface area (Å²) in [5, 5.41) is 0. The van der Waals surface area contributed by atoms with Crippen molar-refractivity contribution < 1.29 is 9.53 Å². The summed E-state index contributed by atoms with van der Waals surface area (Å²) in [5.41, 5.74) is 8.23. The Hall–Kier alpha value is -2.53. The molecular formula is C20H25N3O2. The van der Waals surface area contributed by atoms with Crippen molar-refractivity contribution in [1.29, 1.82) is 0 Å². The maximum Gasteiger partial charge on any atom is 0.164 e. The number of hydrogen-bond acceptors (Lipinski definition) is 5. The first-order valence-electron chi connectivity index (χ1n) is 8.66. The molecule has 0 bridgehead atoms. The maximum absolute atomic E-state index is 12.3. The monoisotopic (exact) mass is 339 g/mol. The zero-order valence-corrected chi connectivity index (χ0v) is 14.6. The number of ether oxygens (including phenoxy) is 1. The molecule has 0 aromatic heterocycles. The molecule has 0 aliphatic carbocycles. The van der Waals surface area contributed by atoms with E-state index in [1.165, 1.54) is 0 Å². The topological polar surface area (TPSA) is 58.8 Å². The summed E-state index contributed by atoms with van der Waals surface area (Å²) in [6.07, 6.45) is 0.540. The van der Waals surface area contributed by atoms with E-state index >= 15 is 0 Å². The Morgan fingerprint density at radius 3 is 2.40 bits per heavy atom. The number of para-hydroxylation sites is 2. The molecule has 1 aliphatic heterocycles. The number of methoxy groups -OCH3 is 1. The summed E-state index contributed by atoms with van der Waals surface area (Å²) in [6.45, 7) is 4.58. The average Bonchev–Trinajstić information content (AvgIpc) is 2.67. The maximum atomic E-state index is 12.3. The van der Waals surface area contributed by atoms with Gasteiger partial charge in [0.2, 0.25) is 0 Å². The highest BCUT2D eigenvalue weighted by Gasteiger charge is 2.20. The van der Waals surface area contributed by atoms with Gasteiger partial charge in [0.1, 0.15) is 5.75 Å². The van der Waals surface area contributed by atoms with Crippen molar-refractivity contribution in [3.05, 3.63) is 54.1 Å². The van der Waals surface area contributed by atoms with E-state index < -0.39 is 0 Å². The average molecular weight is 339 g/mol. The summed E-state index contributed by atoms with van der Waals surface area (Å²) in [4.78, 5) is 17.0. The molecule has 1 heterocycles. The van der Waals surface area contributed by atoms with Crippen LogP contribution in [0.3, 0.4) is 0 Å². The van der Waals surface area contributed by atoms with Gasteiger partial charge in [-0.2, -0.15) is 0 Å². The number of rotatable bonds is 6. The molecule has 0 amide bonds. The van der Waals surface area contributed by atoms with Gasteiger partial charge in [-0.3, -0.25) is 9.69 Å². The highest BCUT2D eigenvalue weighted by atomic mass is 16.5. The standard InChI is InChI=1S/C20H25N3O2/c1-25-20-5-3-2-4-18(20)23-14-12-22(13-15-23)11-10-19(24)16-6-8-17(21)9-7-16/h2-9H,10-15,21H2,1H3. The summed E-state index contributed by atoms with van der Waals surface area (Å²) >= 11 is 0. The predicted molar refractivity (Wildman–Crippen MR) is 101 cm³/mol. The molecule has 0 saturated carbocycles. The lowest BCUT2D eigenvalue weighted by Gasteiger charge is -2.36. The van der Waals surface area contributed by atoms with E-state index in [2.05, 4.69) is 15.9 Å². The van der Waals surface area contributed by atoms with Gasteiger partial charge in [0.05, 0.1) is 12.8 Å². The van der Waals surface area contributed by atoms with E-state index in [0.717, 1.165) is 49.7 Å². The minimum absolute atomic E-state index is 0.173. The molecular weight excluding hydrogens is 314 g/mol. The Balaban J connectivity index is 1.49. The molecule has 5 heteroatoms. The normalized spacial score (nSPS) is 15.2. The molecule has 2 N–H and O–H groups in total. The highest BCUT2D eigenvalue weighted by molar-refractivity contribution is 5.96. The van der Waals surface area contributed by atoms with Crippen LogP contribution in [-0.4, -0.2) is 50.5 Å². The lowest BCUT2D eigenvalue weighted by atomic mass is 10.1. The lowest BCUT2D eigenvalue weighted by molar-refractivity contribution is 0.0962. The summed E-state index contributed by atoms with van der Waals surface area (Å²) in [5.74, 6) is 1.08. The molecule has 1 saturated heterocycles. The largest absolute Gasteiger partial charge is 0.495 e. The molecule has 25 heavy (non-hydrogen) atoms. The molecule has 0 unspecified atom stereocenters. The molecule has 132 valence electrons. The second kappa shape index (κ2) is 8.03. The van der Waals surface area contributed by atoms with Crippen LogP contribution in [-0.2, 0) is 0 Å². The fraction of sp³-hybridized carbons (Fsp3) is 0.350. The van der Waals surface area contributed by atoms with Crippen molar-refractivity contribution in [1.82, 2.24) is 4.90 Å². The minimum Gasteiger partial charge on any atom is -0.495 e. The van der Waals surface area contributed by atoms with Gasteiger partial charge in [-0.25, -0.2) is 0 Å². The number of hydrogen-bond donors (Lipinski definition) is 1. The number of anilines is 2. The first-order valence-corrected chi connectivity index (χ1v) is 8.66. The van der Waals surface area contributed by atoms with Crippen molar-refractivity contribution in [2.45, 2.75) is 6.42 Å². The number of nitrogen functional groups attached to an aromatic ring is 1. The number of nitrogens with two attached hydrogens (primary N) is 1. The number of Topliss-reactive ketones (excluding diaryl/α,β-unsaturated/α-hetero) is 1. The Morgan fingerprint density at radius 1 is 1.04 bits per heavy atom. The molecule has 1 fully saturated rings. The molecule has 1 aliphatic rings. The molecule has 2 aromatic rings. The third kappa shape index (κ3) is 4.31. The van der Waals surface area contributed by atoms with Crippen molar-refractivity contribution >= 4 is 17.2 Å². The molecule has 0 radical (unpaired) electrons. The van der Waals surface area contributed by atoms with Crippen LogP contribution in [0.5, 0.6) is 5.75 Å².